The number of rotatable bonds is 7. The van der Waals surface area contributed by atoms with Gasteiger partial charge in [-0.15, -0.1) is 0 Å². The molecule has 1 atom stereocenters. The molecule has 1 aromatic heterocycles. The third-order valence-electron chi connectivity index (χ3n) is 6.18. The number of hydrogen-bond acceptors (Lipinski definition) is 4. The molecule has 0 amide bonds. The van der Waals surface area contributed by atoms with Crippen LogP contribution in [0.15, 0.2) is 24.3 Å². The summed E-state index contributed by atoms with van der Waals surface area (Å²) in [4.78, 5) is 30.8. The zero-order chi connectivity index (χ0) is 21.1. The predicted molar refractivity (Wildman–Crippen MR) is 116 cm³/mol. The molecule has 1 unspecified atom stereocenters. The van der Waals surface area contributed by atoms with Gasteiger partial charge in [0.2, 0.25) is 0 Å². The average Bonchev–Trinajstić information content (AvgIpc) is 3.05. The van der Waals surface area contributed by atoms with Crippen molar-refractivity contribution in [2.75, 3.05) is 25.6 Å². The number of Topliss-reactive ketones (excluding diaryl/α,β-unsaturated/α-hetero) is 1. The lowest BCUT2D eigenvalue weighted by molar-refractivity contribution is 0.0426. The van der Waals surface area contributed by atoms with Crippen LogP contribution in [0.3, 0.4) is 0 Å². The Morgan fingerprint density at radius 1 is 1.17 bits per heavy atom. The van der Waals surface area contributed by atoms with E-state index in [9.17, 15) is 9.59 Å². The van der Waals surface area contributed by atoms with Crippen molar-refractivity contribution in [2.24, 2.45) is 5.92 Å². The number of fused-ring (bicyclic) bond motifs is 1. The van der Waals surface area contributed by atoms with E-state index in [1.807, 2.05) is 21.0 Å². The van der Waals surface area contributed by atoms with Gasteiger partial charge >= 0.3 is 5.97 Å². The van der Waals surface area contributed by atoms with Crippen LogP contribution in [-0.4, -0.2) is 37.4 Å². The minimum Gasteiger partial charge on any atom is -0.461 e. The highest BCUT2D eigenvalue weighted by atomic mass is 16.5. The average molecular weight is 397 g/mol. The maximum absolute atomic E-state index is 12.9. The summed E-state index contributed by atoms with van der Waals surface area (Å²) in [6.07, 6.45) is 3.16. The normalized spacial score (nSPS) is 16.1. The van der Waals surface area contributed by atoms with E-state index in [0.717, 1.165) is 41.8 Å². The standard InChI is InChI=1S/C24H32N2O3/c1-6-16(7-2)14-29-24(28)23-15(3)22-20(25-23)12-18(13-21(22)27)17-8-10-19(11-9-17)26(4)5/h8-11,16,18,25H,6-7,12-14H2,1-5H3. The second-order valence-corrected chi connectivity index (χ2v) is 8.27. The lowest BCUT2D eigenvalue weighted by atomic mass is 9.81. The van der Waals surface area contributed by atoms with Gasteiger partial charge in [0, 0.05) is 37.5 Å². The molecular formula is C24H32N2O3. The van der Waals surface area contributed by atoms with Crippen molar-refractivity contribution in [3.05, 3.63) is 52.3 Å². The minimum atomic E-state index is -0.358. The molecular weight excluding hydrogens is 364 g/mol. The fourth-order valence-electron chi connectivity index (χ4n) is 4.11. The molecule has 0 bridgehead atoms. The molecule has 29 heavy (non-hydrogen) atoms. The molecule has 156 valence electrons. The zero-order valence-corrected chi connectivity index (χ0v) is 18.2. The van der Waals surface area contributed by atoms with Crippen molar-refractivity contribution in [2.45, 2.75) is 52.4 Å². The van der Waals surface area contributed by atoms with Crippen molar-refractivity contribution in [3.63, 3.8) is 0 Å². The van der Waals surface area contributed by atoms with Crippen LogP contribution in [0.1, 0.15) is 76.7 Å². The summed E-state index contributed by atoms with van der Waals surface area (Å²) in [5, 5.41) is 0. The summed E-state index contributed by atoms with van der Waals surface area (Å²) in [6.45, 7) is 6.46. The Balaban J connectivity index is 1.79. The van der Waals surface area contributed by atoms with Gasteiger partial charge in [-0.3, -0.25) is 4.79 Å². The maximum Gasteiger partial charge on any atom is 0.355 e. The lowest BCUT2D eigenvalue weighted by Gasteiger charge is -2.23. The molecule has 0 saturated carbocycles. The van der Waals surface area contributed by atoms with Gasteiger partial charge in [0.1, 0.15) is 5.69 Å². The quantitative estimate of drug-likeness (QED) is 0.677. The number of ketones is 1. The Bertz CT molecular complexity index is 876. The predicted octanol–water partition coefficient (Wildman–Crippen LogP) is 4.89. The van der Waals surface area contributed by atoms with Crippen molar-refractivity contribution >= 4 is 17.4 Å². The Morgan fingerprint density at radius 2 is 1.83 bits per heavy atom. The van der Waals surface area contributed by atoms with Crippen LogP contribution in [0.5, 0.6) is 0 Å². The highest BCUT2D eigenvalue weighted by molar-refractivity contribution is 6.03. The number of aromatic nitrogens is 1. The summed E-state index contributed by atoms with van der Waals surface area (Å²) < 4.78 is 5.53. The first-order valence-corrected chi connectivity index (χ1v) is 10.5. The molecule has 5 heteroatoms. The molecule has 1 aromatic carbocycles. The van der Waals surface area contributed by atoms with E-state index in [1.165, 1.54) is 0 Å². The topological polar surface area (TPSA) is 62.4 Å². The maximum atomic E-state index is 12.9. The van der Waals surface area contributed by atoms with Crippen LogP contribution in [0.25, 0.3) is 0 Å². The van der Waals surface area contributed by atoms with Gasteiger partial charge in [0.25, 0.3) is 0 Å². The molecule has 1 aliphatic rings. The van der Waals surface area contributed by atoms with E-state index in [4.69, 9.17) is 4.74 Å². The summed E-state index contributed by atoms with van der Waals surface area (Å²) in [5.41, 5.74) is 4.98. The van der Waals surface area contributed by atoms with Crippen molar-refractivity contribution in [3.8, 4) is 0 Å². The van der Waals surface area contributed by atoms with Gasteiger partial charge < -0.3 is 14.6 Å². The zero-order valence-electron chi connectivity index (χ0n) is 18.2. The van der Waals surface area contributed by atoms with Crippen molar-refractivity contribution in [1.29, 1.82) is 0 Å². The molecule has 5 nitrogen and oxygen atoms in total. The van der Waals surface area contributed by atoms with Gasteiger partial charge in [-0.2, -0.15) is 0 Å². The number of hydrogen-bond donors (Lipinski definition) is 1. The van der Waals surface area contributed by atoms with E-state index in [0.29, 0.717) is 30.2 Å². The molecule has 0 spiro atoms. The van der Waals surface area contributed by atoms with Crippen LogP contribution < -0.4 is 4.90 Å². The summed E-state index contributed by atoms with van der Waals surface area (Å²) in [7, 11) is 4.02. The second kappa shape index (κ2) is 8.85. The Morgan fingerprint density at radius 3 is 2.41 bits per heavy atom. The number of H-pyrrole nitrogens is 1. The van der Waals surface area contributed by atoms with Crippen molar-refractivity contribution in [1.82, 2.24) is 4.98 Å². The van der Waals surface area contributed by atoms with Crippen molar-refractivity contribution < 1.29 is 14.3 Å². The van der Waals surface area contributed by atoms with E-state index in [-0.39, 0.29) is 17.7 Å². The molecule has 0 radical (unpaired) electrons. The number of ether oxygens (including phenoxy) is 1. The summed E-state index contributed by atoms with van der Waals surface area (Å²) in [6, 6.07) is 8.35. The largest absolute Gasteiger partial charge is 0.461 e. The molecule has 0 aliphatic heterocycles. The van der Waals surface area contributed by atoms with Gasteiger partial charge in [-0.05, 0) is 48.4 Å². The summed E-state index contributed by atoms with van der Waals surface area (Å²) >= 11 is 0. The minimum absolute atomic E-state index is 0.0979. The molecule has 0 fully saturated rings. The molecule has 0 saturated heterocycles. The van der Waals surface area contributed by atoms with Crippen LogP contribution in [0.4, 0.5) is 5.69 Å². The number of esters is 1. The monoisotopic (exact) mass is 396 g/mol. The fourth-order valence-corrected chi connectivity index (χ4v) is 4.11. The second-order valence-electron chi connectivity index (χ2n) is 8.27. The smallest absolute Gasteiger partial charge is 0.355 e. The number of aromatic amines is 1. The number of carbonyl (C=O) groups is 2. The summed E-state index contributed by atoms with van der Waals surface area (Å²) in [5.74, 6) is 0.238. The highest BCUT2D eigenvalue weighted by Gasteiger charge is 2.32. The molecule has 1 heterocycles. The Hall–Kier alpha value is -2.56. The number of nitrogens with one attached hydrogen (secondary N) is 1. The van der Waals surface area contributed by atoms with Gasteiger partial charge in [0.05, 0.1) is 6.61 Å². The third-order valence-corrected chi connectivity index (χ3v) is 6.18. The van der Waals surface area contributed by atoms with Crippen LogP contribution >= 0.6 is 0 Å². The van der Waals surface area contributed by atoms with Crippen LogP contribution in [-0.2, 0) is 11.2 Å². The van der Waals surface area contributed by atoms with E-state index in [1.54, 1.807) is 0 Å². The van der Waals surface area contributed by atoms with E-state index >= 15 is 0 Å². The Kier molecular flexibility index (Phi) is 6.46. The van der Waals surface area contributed by atoms with Crippen LogP contribution in [0.2, 0.25) is 0 Å². The molecule has 3 rings (SSSR count). The van der Waals surface area contributed by atoms with E-state index < -0.39 is 0 Å². The van der Waals surface area contributed by atoms with E-state index in [2.05, 4.69) is 48.0 Å². The van der Waals surface area contributed by atoms with Crippen LogP contribution in [0, 0.1) is 12.8 Å². The molecule has 1 aliphatic carbocycles. The molecule has 1 N–H and O–H groups in total. The number of benzene rings is 1. The first-order valence-electron chi connectivity index (χ1n) is 10.5. The van der Waals surface area contributed by atoms with Gasteiger partial charge in [-0.1, -0.05) is 38.8 Å². The SMILES string of the molecule is CCC(CC)COC(=O)c1[nH]c2c(c1C)C(=O)CC(c1ccc(N(C)C)cc1)C2. The molecule has 2 aromatic rings. The lowest BCUT2D eigenvalue weighted by Crippen LogP contribution is -2.18. The van der Waals surface area contributed by atoms with Gasteiger partial charge in [-0.25, -0.2) is 4.79 Å². The third kappa shape index (κ3) is 4.39. The fraction of sp³-hybridized carbons (Fsp3) is 0.500. The van der Waals surface area contributed by atoms with Gasteiger partial charge in [0.15, 0.2) is 5.78 Å². The Labute approximate surface area is 173 Å². The first kappa shape index (κ1) is 21.2. The number of anilines is 1. The first-order chi connectivity index (χ1) is 13.8. The number of nitrogens with zero attached hydrogens (tertiary/aromatic N) is 1. The highest BCUT2D eigenvalue weighted by Crippen LogP contribution is 2.35. The number of carbonyl (C=O) groups excluding carboxylic acids is 2.